The third kappa shape index (κ3) is 4.75. The summed E-state index contributed by atoms with van der Waals surface area (Å²) in [5, 5.41) is 3.13. The number of carbonyl (C=O) groups is 1. The molecule has 0 saturated heterocycles. The maximum Gasteiger partial charge on any atom is 0.252 e. The summed E-state index contributed by atoms with van der Waals surface area (Å²) in [6, 6.07) is 1.54. The van der Waals surface area contributed by atoms with Gasteiger partial charge in [0.15, 0.2) is 0 Å². The van der Waals surface area contributed by atoms with Gasteiger partial charge in [0.1, 0.15) is 5.82 Å². The van der Waals surface area contributed by atoms with Crippen LogP contribution in [0.1, 0.15) is 30.6 Å². The van der Waals surface area contributed by atoms with Gasteiger partial charge in [-0.1, -0.05) is 13.8 Å². The Hall–Kier alpha value is -1.82. The zero-order valence-electron chi connectivity index (χ0n) is 11.6. The fourth-order valence-corrected chi connectivity index (χ4v) is 1.86. The number of anilines is 2. The normalized spacial score (nSPS) is 10.7. The summed E-state index contributed by atoms with van der Waals surface area (Å²) in [6.07, 6.45) is 2.49. The van der Waals surface area contributed by atoms with E-state index in [1.54, 1.807) is 6.07 Å². The van der Waals surface area contributed by atoms with Gasteiger partial charge >= 0.3 is 0 Å². The molecule has 1 heterocycles. The lowest BCUT2D eigenvalue weighted by Crippen LogP contribution is -2.25. The van der Waals surface area contributed by atoms with Crippen LogP contribution >= 0.6 is 0 Å². The quantitative estimate of drug-likeness (QED) is 0.607. The first-order valence-electron chi connectivity index (χ1n) is 6.60. The van der Waals surface area contributed by atoms with Crippen molar-refractivity contribution >= 4 is 17.4 Å². The van der Waals surface area contributed by atoms with Gasteiger partial charge in [0, 0.05) is 6.54 Å². The van der Waals surface area contributed by atoms with E-state index in [1.807, 2.05) is 0 Å². The number of amides is 1. The minimum absolute atomic E-state index is 0.336. The summed E-state index contributed by atoms with van der Waals surface area (Å²) in [6.45, 7) is 8.13. The van der Waals surface area contributed by atoms with Crippen molar-refractivity contribution in [2.45, 2.75) is 20.3 Å². The molecule has 0 saturated carbocycles. The molecule has 1 aromatic rings. The van der Waals surface area contributed by atoms with Crippen LogP contribution < -0.4 is 16.8 Å². The van der Waals surface area contributed by atoms with E-state index in [-0.39, 0.29) is 0 Å². The van der Waals surface area contributed by atoms with Gasteiger partial charge in [0.05, 0.1) is 17.4 Å². The Bertz CT molecular complexity index is 417. The molecule has 0 atom stereocenters. The number of aromatic nitrogens is 1. The Labute approximate surface area is 114 Å². The Kier molecular flexibility index (Phi) is 6.08. The van der Waals surface area contributed by atoms with Gasteiger partial charge in [-0.05, 0) is 32.1 Å². The molecular weight excluding hydrogens is 242 g/mol. The number of nitrogens with two attached hydrogens (primary N) is 2. The zero-order valence-corrected chi connectivity index (χ0v) is 11.6. The summed E-state index contributed by atoms with van der Waals surface area (Å²) in [5.41, 5.74) is 11.7. The van der Waals surface area contributed by atoms with Crippen LogP contribution in [0.5, 0.6) is 0 Å². The molecule has 0 aliphatic heterocycles. The van der Waals surface area contributed by atoms with Gasteiger partial charge in [-0.15, -0.1) is 0 Å². The number of primary amides is 1. The van der Waals surface area contributed by atoms with E-state index < -0.39 is 5.91 Å². The highest BCUT2D eigenvalue weighted by molar-refractivity contribution is 5.98. The Morgan fingerprint density at radius 3 is 2.68 bits per heavy atom. The number of hydrogen-bond acceptors (Lipinski definition) is 5. The zero-order chi connectivity index (χ0) is 14.3. The molecule has 1 aromatic heterocycles. The highest BCUT2D eigenvalue weighted by Gasteiger charge is 2.09. The molecule has 0 fully saturated rings. The van der Waals surface area contributed by atoms with Crippen LogP contribution in [0.25, 0.3) is 0 Å². The summed E-state index contributed by atoms with van der Waals surface area (Å²) in [5.74, 6) is -0.0210. The van der Waals surface area contributed by atoms with Crippen molar-refractivity contribution in [3.63, 3.8) is 0 Å². The van der Waals surface area contributed by atoms with E-state index in [9.17, 15) is 4.79 Å². The average Bonchev–Trinajstić information content (AvgIpc) is 2.40. The second kappa shape index (κ2) is 7.58. The van der Waals surface area contributed by atoms with Crippen LogP contribution in [-0.4, -0.2) is 42.0 Å². The fraction of sp³-hybridized carbons (Fsp3) is 0.538. The van der Waals surface area contributed by atoms with E-state index in [4.69, 9.17) is 11.5 Å². The standard InChI is InChI=1S/C13H23N5O/c1-3-18(4-2)7-5-6-16-13-11(12(15)19)8-10(14)9-17-13/h8-9H,3-7,14H2,1-2H3,(H2,15,19)(H,16,17). The summed E-state index contributed by atoms with van der Waals surface area (Å²) in [7, 11) is 0. The maximum absolute atomic E-state index is 11.3. The summed E-state index contributed by atoms with van der Waals surface area (Å²) >= 11 is 0. The van der Waals surface area contributed by atoms with Crippen molar-refractivity contribution in [2.75, 3.05) is 37.2 Å². The number of nitrogens with zero attached hydrogens (tertiary/aromatic N) is 2. The first-order valence-corrected chi connectivity index (χ1v) is 6.60. The van der Waals surface area contributed by atoms with E-state index in [2.05, 4.69) is 29.0 Å². The lowest BCUT2D eigenvalue weighted by atomic mass is 10.2. The third-order valence-corrected chi connectivity index (χ3v) is 3.01. The highest BCUT2D eigenvalue weighted by atomic mass is 16.1. The minimum atomic E-state index is -0.522. The predicted octanol–water partition coefficient (Wildman–Crippen LogP) is 0.907. The number of nitrogens with one attached hydrogen (secondary N) is 1. The van der Waals surface area contributed by atoms with Gasteiger partial charge in [-0.3, -0.25) is 4.79 Å². The van der Waals surface area contributed by atoms with Gasteiger partial charge in [-0.25, -0.2) is 4.98 Å². The molecule has 0 aliphatic rings. The number of pyridine rings is 1. The maximum atomic E-state index is 11.3. The van der Waals surface area contributed by atoms with Crippen molar-refractivity contribution in [3.05, 3.63) is 17.8 Å². The van der Waals surface area contributed by atoms with E-state index >= 15 is 0 Å². The van der Waals surface area contributed by atoms with Gasteiger partial charge < -0.3 is 21.7 Å². The molecule has 1 rings (SSSR count). The van der Waals surface area contributed by atoms with Crippen molar-refractivity contribution < 1.29 is 4.79 Å². The number of nitrogen functional groups attached to an aromatic ring is 1. The molecule has 0 spiro atoms. The van der Waals surface area contributed by atoms with E-state index in [1.165, 1.54) is 6.20 Å². The SMILES string of the molecule is CCN(CC)CCCNc1ncc(N)cc1C(N)=O. The molecular formula is C13H23N5O. The minimum Gasteiger partial charge on any atom is -0.397 e. The van der Waals surface area contributed by atoms with Crippen molar-refractivity contribution in [1.29, 1.82) is 0 Å². The van der Waals surface area contributed by atoms with Crippen LogP contribution in [0.15, 0.2) is 12.3 Å². The second-order valence-corrected chi connectivity index (χ2v) is 4.34. The topological polar surface area (TPSA) is 97.3 Å². The second-order valence-electron chi connectivity index (χ2n) is 4.34. The predicted molar refractivity (Wildman–Crippen MR) is 78.1 cm³/mol. The van der Waals surface area contributed by atoms with Gasteiger partial charge in [-0.2, -0.15) is 0 Å². The molecule has 0 aromatic carbocycles. The number of hydrogen-bond donors (Lipinski definition) is 3. The molecule has 6 heteroatoms. The molecule has 0 bridgehead atoms. The fourth-order valence-electron chi connectivity index (χ4n) is 1.86. The van der Waals surface area contributed by atoms with E-state index in [0.29, 0.717) is 17.1 Å². The first kappa shape index (κ1) is 15.2. The average molecular weight is 265 g/mol. The van der Waals surface area contributed by atoms with Gasteiger partial charge in [0.2, 0.25) is 0 Å². The van der Waals surface area contributed by atoms with Crippen LogP contribution in [0.4, 0.5) is 11.5 Å². The smallest absolute Gasteiger partial charge is 0.252 e. The molecule has 6 nitrogen and oxygen atoms in total. The number of rotatable bonds is 8. The monoisotopic (exact) mass is 265 g/mol. The van der Waals surface area contributed by atoms with E-state index in [0.717, 1.165) is 32.6 Å². The largest absolute Gasteiger partial charge is 0.397 e. The van der Waals surface area contributed by atoms with Crippen molar-refractivity contribution in [1.82, 2.24) is 9.88 Å². The number of carbonyl (C=O) groups excluding carboxylic acids is 1. The van der Waals surface area contributed by atoms with Gasteiger partial charge in [0.25, 0.3) is 5.91 Å². The van der Waals surface area contributed by atoms with Crippen LogP contribution in [0.3, 0.4) is 0 Å². The lowest BCUT2D eigenvalue weighted by Gasteiger charge is -2.18. The highest BCUT2D eigenvalue weighted by Crippen LogP contribution is 2.14. The first-order chi connectivity index (χ1) is 9.08. The molecule has 0 unspecified atom stereocenters. The van der Waals surface area contributed by atoms with Crippen molar-refractivity contribution in [3.8, 4) is 0 Å². The molecule has 0 aliphatic carbocycles. The Balaban J connectivity index is 2.51. The third-order valence-electron chi connectivity index (χ3n) is 3.01. The van der Waals surface area contributed by atoms with Crippen LogP contribution in [0.2, 0.25) is 0 Å². The molecule has 106 valence electrons. The molecule has 0 radical (unpaired) electrons. The molecule has 1 amide bonds. The Morgan fingerprint density at radius 1 is 1.42 bits per heavy atom. The van der Waals surface area contributed by atoms with Crippen molar-refractivity contribution in [2.24, 2.45) is 5.73 Å². The molecule has 19 heavy (non-hydrogen) atoms. The summed E-state index contributed by atoms with van der Waals surface area (Å²) in [4.78, 5) is 17.7. The van der Waals surface area contributed by atoms with Crippen LogP contribution in [-0.2, 0) is 0 Å². The lowest BCUT2D eigenvalue weighted by molar-refractivity contribution is 0.100. The van der Waals surface area contributed by atoms with Crippen LogP contribution in [0, 0.1) is 0 Å². The Morgan fingerprint density at radius 2 is 2.11 bits per heavy atom. The molecule has 5 N–H and O–H groups in total. The summed E-state index contributed by atoms with van der Waals surface area (Å²) < 4.78 is 0.